The molecule has 2 atom stereocenters. The summed E-state index contributed by atoms with van der Waals surface area (Å²) in [5, 5.41) is 18.9. The van der Waals surface area contributed by atoms with Crippen LogP contribution in [-0.2, 0) is 16.0 Å². The van der Waals surface area contributed by atoms with Crippen LogP contribution in [0.5, 0.6) is 0 Å². The minimum atomic E-state index is -0.785. The summed E-state index contributed by atoms with van der Waals surface area (Å²) in [5.74, 6) is -0.666. The minimum Gasteiger partial charge on any atom is -0.481 e. The minimum absolute atomic E-state index is 0.00771. The van der Waals surface area contributed by atoms with Crippen molar-refractivity contribution in [1.29, 1.82) is 0 Å². The summed E-state index contributed by atoms with van der Waals surface area (Å²) in [6, 6.07) is 8.10. The van der Waals surface area contributed by atoms with Crippen LogP contribution in [-0.4, -0.2) is 45.7 Å². The number of aryl methyl sites for hydroxylation is 1. The Morgan fingerprint density at radius 2 is 2.19 bits per heavy atom. The molecule has 1 aliphatic heterocycles. The van der Waals surface area contributed by atoms with E-state index in [1.807, 2.05) is 48.3 Å². The van der Waals surface area contributed by atoms with Gasteiger partial charge in [0.05, 0.1) is 12.1 Å². The maximum Gasteiger partial charge on any atom is 0.303 e. The fraction of sp³-hybridized carbons (Fsp3) is 0.455. The molecular weight excluding hydrogens is 342 g/mol. The lowest BCUT2D eigenvalue weighted by Gasteiger charge is -2.21. The van der Waals surface area contributed by atoms with Crippen LogP contribution >= 0.6 is 0 Å². The van der Waals surface area contributed by atoms with E-state index in [4.69, 9.17) is 5.11 Å². The molecule has 5 heteroatoms. The zero-order valence-electron chi connectivity index (χ0n) is 15.9. The van der Waals surface area contributed by atoms with Crippen LogP contribution in [0.15, 0.2) is 48.6 Å². The van der Waals surface area contributed by atoms with Gasteiger partial charge >= 0.3 is 5.97 Å². The van der Waals surface area contributed by atoms with Crippen LogP contribution in [0.25, 0.3) is 0 Å². The molecule has 2 N–H and O–H groups in total. The van der Waals surface area contributed by atoms with Crippen LogP contribution in [0.4, 0.5) is 0 Å². The Bertz CT molecular complexity index is 695. The molecule has 1 aromatic rings. The number of amides is 1. The van der Waals surface area contributed by atoms with Crippen LogP contribution in [0.1, 0.15) is 43.2 Å². The average molecular weight is 371 g/mol. The third-order valence-corrected chi connectivity index (χ3v) is 4.69. The Hall–Kier alpha value is -2.40. The van der Waals surface area contributed by atoms with Gasteiger partial charge in [-0.25, -0.2) is 0 Å². The van der Waals surface area contributed by atoms with E-state index < -0.39 is 12.1 Å². The lowest BCUT2D eigenvalue weighted by molar-refractivity contribution is -0.137. The first-order chi connectivity index (χ1) is 13.0. The molecule has 1 amide bonds. The highest BCUT2D eigenvalue weighted by Crippen LogP contribution is 2.20. The van der Waals surface area contributed by atoms with Crippen molar-refractivity contribution in [1.82, 2.24) is 4.90 Å². The summed E-state index contributed by atoms with van der Waals surface area (Å²) in [4.78, 5) is 24.4. The van der Waals surface area contributed by atoms with E-state index >= 15 is 0 Å². The molecule has 1 heterocycles. The van der Waals surface area contributed by atoms with E-state index in [1.165, 1.54) is 5.56 Å². The molecule has 1 saturated heterocycles. The molecule has 0 spiro atoms. The topological polar surface area (TPSA) is 77.8 Å². The van der Waals surface area contributed by atoms with Gasteiger partial charge in [0.2, 0.25) is 5.91 Å². The molecule has 27 heavy (non-hydrogen) atoms. The quantitative estimate of drug-likeness (QED) is 0.489. The van der Waals surface area contributed by atoms with Gasteiger partial charge in [-0.05, 0) is 31.7 Å². The highest BCUT2D eigenvalue weighted by molar-refractivity contribution is 5.79. The largest absolute Gasteiger partial charge is 0.481 e. The number of carboxylic acid groups (broad SMARTS) is 1. The van der Waals surface area contributed by atoms with Crippen molar-refractivity contribution in [2.24, 2.45) is 0 Å². The molecule has 0 aliphatic carbocycles. The lowest BCUT2D eigenvalue weighted by Crippen LogP contribution is -2.32. The molecule has 1 aromatic carbocycles. The third-order valence-electron chi connectivity index (χ3n) is 4.69. The highest BCUT2D eigenvalue weighted by atomic mass is 16.4. The van der Waals surface area contributed by atoms with Gasteiger partial charge in [-0.1, -0.05) is 54.1 Å². The Morgan fingerprint density at radius 3 is 2.93 bits per heavy atom. The van der Waals surface area contributed by atoms with Crippen molar-refractivity contribution < 1.29 is 19.8 Å². The van der Waals surface area contributed by atoms with Gasteiger partial charge in [0, 0.05) is 25.8 Å². The fourth-order valence-electron chi connectivity index (χ4n) is 3.28. The zero-order valence-corrected chi connectivity index (χ0v) is 15.9. The van der Waals surface area contributed by atoms with Gasteiger partial charge in [0.15, 0.2) is 0 Å². The van der Waals surface area contributed by atoms with Gasteiger partial charge in [-0.15, -0.1) is 0 Å². The maximum absolute atomic E-state index is 12.1. The number of likely N-dealkylation sites (tertiary alicyclic amines) is 1. The number of aliphatic hydroxyl groups is 1. The molecule has 0 bridgehead atoms. The first-order valence-corrected chi connectivity index (χ1v) is 9.54. The summed E-state index contributed by atoms with van der Waals surface area (Å²) in [5.41, 5.74) is 2.27. The highest BCUT2D eigenvalue weighted by Gasteiger charge is 2.28. The second-order valence-electron chi connectivity index (χ2n) is 7.05. The number of benzene rings is 1. The Labute approximate surface area is 161 Å². The molecule has 0 aromatic heterocycles. The number of carbonyl (C=O) groups is 2. The summed E-state index contributed by atoms with van der Waals surface area (Å²) in [7, 11) is 0. The molecule has 1 fully saturated rings. The van der Waals surface area contributed by atoms with E-state index in [0.717, 1.165) is 12.0 Å². The standard InChI is InChI=1S/C22H29NO4/c1-17-7-6-8-18(15-17)16-20(24)12-10-19-11-13-21(25)23(19)14-5-3-2-4-9-22(26)27/h3,5-8,10,12,15,19-20,24H,2,4,9,11,13-14,16H2,1H3,(H,26,27)/b5-3+,12-10+/t19-,20+/m0/s1. The number of rotatable bonds is 10. The predicted octanol–water partition coefficient (Wildman–Crippen LogP) is 3.26. The number of nitrogens with zero attached hydrogens (tertiary/aromatic N) is 1. The van der Waals surface area contributed by atoms with Gasteiger partial charge < -0.3 is 15.1 Å². The van der Waals surface area contributed by atoms with Crippen molar-refractivity contribution in [2.45, 2.75) is 57.6 Å². The van der Waals surface area contributed by atoms with Gasteiger partial charge in [0.25, 0.3) is 0 Å². The van der Waals surface area contributed by atoms with Crippen LogP contribution in [0, 0.1) is 6.92 Å². The summed E-state index contributed by atoms with van der Waals surface area (Å²) in [6.07, 6.45) is 10.3. The summed E-state index contributed by atoms with van der Waals surface area (Å²) < 4.78 is 0. The molecule has 0 unspecified atom stereocenters. The third kappa shape index (κ3) is 7.39. The number of hydrogen-bond acceptors (Lipinski definition) is 3. The Morgan fingerprint density at radius 1 is 1.37 bits per heavy atom. The number of aliphatic hydroxyl groups excluding tert-OH is 1. The monoisotopic (exact) mass is 371 g/mol. The van der Waals surface area contributed by atoms with E-state index in [2.05, 4.69) is 6.07 Å². The van der Waals surface area contributed by atoms with E-state index in [9.17, 15) is 14.7 Å². The van der Waals surface area contributed by atoms with Crippen LogP contribution in [0.3, 0.4) is 0 Å². The van der Waals surface area contributed by atoms with E-state index in [1.54, 1.807) is 6.08 Å². The second-order valence-corrected chi connectivity index (χ2v) is 7.05. The summed E-state index contributed by atoms with van der Waals surface area (Å²) >= 11 is 0. The van der Waals surface area contributed by atoms with Crippen molar-refractivity contribution in [3.8, 4) is 0 Å². The fourth-order valence-corrected chi connectivity index (χ4v) is 3.28. The number of unbranched alkanes of at least 4 members (excludes halogenated alkanes) is 1. The molecule has 146 valence electrons. The van der Waals surface area contributed by atoms with Gasteiger partial charge in [-0.3, -0.25) is 9.59 Å². The molecular formula is C22H29NO4. The zero-order chi connectivity index (χ0) is 19.6. The average Bonchev–Trinajstić information content (AvgIpc) is 2.96. The van der Waals surface area contributed by atoms with Gasteiger partial charge in [0.1, 0.15) is 0 Å². The second kappa shape index (κ2) is 10.7. The number of hydrogen-bond donors (Lipinski definition) is 2. The molecule has 0 radical (unpaired) electrons. The summed E-state index contributed by atoms with van der Waals surface area (Å²) in [6.45, 7) is 2.55. The van der Waals surface area contributed by atoms with Crippen molar-refractivity contribution in [3.63, 3.8) is 0 Å². The van der Waals surface area contributed by atoms with Crippen molar-refractivity contribution in [2.75, 3.05) is 6.54 Å². The molecule has 2 rings (SSSR count). The van der Waals surface area contributed by atoms with E-state index in [-0.39, 0.29) is 18.4 Å². The Balaban J connectivity index is 1.82. The smallest absolute Gasteiger partial charge is 0.303 e. The predicted molar refractivity (Wildman–Crippen MR) is 105 cm³/mol. The number of carbonyl (C=O) groups excluding carboxylic acids is 1. The molecule has 5 nitrogen and oxygen atoms in total. The first kappa shape index (κ1) is 20.9. The maximum atomic E-state index is 12.1. The van der Waals surface area contributed by atoms with E-state index in [0.29, 0.717) is 32.2 Å². The number of allylic oxidation sites excluding steroid dienone is 1. The SMILES string of the molecule is Cc1cccc(C[C@H](O)/C=C/[C@H]2CCC(=O)N2C/C=C/CCCC(=O)O)c1. The molecule has 1 aliphatic rings. The number of aliphatic carboxylic acids is 1. The van der Waals surface area contributed by atoms with Crippen LogP contribution < -0.4 is 0 Å². The molecule has 0 saturated carbocycles. The van der Waals surface area contributed by atoms with Crippen LogP contribution in [0.2, 0.25) is 0 Å². The lowest BCUT2D eigenvalue weighted by atomic mass is 10.0. The van der Waals surface area contributed by atoms with Crippen molar-refractivity contribution in [3.05, 3.63) is 59.7 Å². The number of carboxylic acids is 1. The van der Waals surface area contributed by atoms with Gasteiger partial charge in [-0.2, -0.15) is 0 Å². The normalized spacial score (nSPS) is 18.7. The Kier molecular flexibility index (Phi) is 8.27. The first-order valence-electron chi connectivity index (χ1n) is 9.54. The van der Waals surface area contributed by atoms with Crippen molar-refractivity contribution >= 4 is 11.9 Å².